The molecule has 5 heteroatoms. The highest BCUT2D eigenvalue weighted by Crippen LogP contribution is 2.21. The van der Waals surface area contributed by atoms with Gasteiger partial charge in [0.1, 0.15) is 11.7 Å². The topological polar surface area (TPSA) is 78.9 Å². The van der Waals surface area contributed by atoms with Crippen molar-refractivity contribution in [1.82, 2.24) is 9.97 Å². The maximum Gasteiger partial charge on any atom is 0.139 e. The van der Waals surface area contributed by atoms with Crippen LogP contribution in [0.15, 0.2) is 30.6 Å². The van der Waals surface area contributed by atoms with Crippen molar-refractivity contribution in [2.24, 2.45) is 5.73 Å². The van der Waals surface area contributed by atoms with Crippen LogP contribution in [0.1, 0.15) is 22.4 Å². The molecule has 2 heterocycles. The van der Waals surface area contributed by atoms with E-state index in [0.29, 0.717) is 0 Å². The second-order valence-electron chi connectivity index (χ2n) is 5.22. The minimum absolute atomic E-state index is 0.0609. The van der Waals surface area contributed by atoms with Gasteiger partial charge in [-0.3, -0.25) is 10.4 Å². The summed E-state index contributed by atoms with van der Waals surface area (Å²) in [6.07, 6.45) is 4.49. The van der Waals surface area contributed by atoms with Gasteiger partial charge in [-0.15, -0.1) is 0 Å². The Hall–Kier alpha value is -2.43. The van der Waals surface area contributed by atoms with Crippen molar-refractivity contribution in [3.8, 4) is 0 Å². The van der Waals surface area contributed by atoms with Crippen LogP contribution in [-0.4, -0.2) is 29.4 Å². The molecule has 21 heavy (non-hydrogen) atoms. The minimum atomic E-state index is 0.0609. The normalized spacial score (nSPS) is 10.4. The maximum atomic E-state index is 7.78. The molecule has 2 aromatic rings. The molecule has 0 bridgehead atoms. The molecular formula is C16H21N5. The third-order valence-electron chi connectivity index (χ3n) is 3.44. The second-order valence-corrected chi connectivity index (χ2v) is 5.22. The summed E-state index contributed by atoms with van der Waals surface area (Å²) in [6.45, 7) is 4.73. The molecule has 0 fully saturated rings. The van der Waals surface area contributed by atoms with Gasteiger partial charge in [-0.05, 0) is 49.6 Å². The van der Waals surface area contributed by atoms with Gasteiger partial charge in [0.05, 0.1) is 5.56 Å². The number of aryl methyl sites for hydroxylation is 2. The van der Waals surface area contributed by atoms with E-state index in [-0.39, 0.29) is 5.84 Å². The summed E-state index contributed by atoms with van der Waals surface area (Å²) in [5.74, 6) is 0.833. The highest BCUT2D eigenvalue weighted by Gasteiger charge is 2.15. The summed E-state index contributed by atoms with van der Waals surface area (Å²) in [7, 11) is 1.98. The average molecular weight is 283 g/mol. The molecule has 0 saturated carbocycles. The molecule has 5 nitrogen and oxygen atoms in total. The van der Waals surface area contributed by atoms with Gasteiger partial charge in [0.2, 0.25) is 0 Å². The van der Waals surface area contributed by atoms with Crippen molar-refractivity contribution in [3.63, 3.8) is 0 Å². The van der Waals surface area contributed by atoms with E-state index in [1.807, 2.05) is 39.1 Å². The van der Waals surface area contributed by atoms with E-state index in [9.17, 15) is 0 Å². The van der Waals surface area contributed by atoms with Crippen LogP contribution in [0, 0.1) is 19.3 Å². The van der Waals surface area contributed by atoms with E-state index >= 15 is 0 Å². The quantitative estimate of drug-likeness (QED) is 0.650. The molecule has 110 valence electrons. The van der Waals surface area contributed by atoms with Gasteiger partial charge in [-0.25, -0.2) is 4.98 Å². The summed E-state index contributed by atoms with van der Waals surface area (Å²) in [4.78, 5) is 10.6. The number of nitrogens with two attached hydrogens (primary N) is 1. The summed E-state index contributed by atoms with van der Waals surface area (Å²) < 4.78 is 0. The van der Waals surface area contributed by atoms with Crippen molar-refractivity contribution in [2.75, 3.05) is 18.5 Å². The Bertz CT molecular complexity index is 637. The monoisotopic (exact) mass is 283 g/mol. The van der Waals surface area contributed by atoms with Gasteiger partial charge < -0.3 is 10.6 Å². The smallest absolute Gasteiger partial charge is 0.139 e. The number of pyridine rings is 2. The molecule has 0 amide bonds. The molecule has 0 spiro atoms. The molecular weight excluding hydrogens is 262 g/mol. The molecule has 2 aromatic heterocycles. The van der Waals surface area contributed by atoms with Crippen LogP contribution in [-0.2, 0) is 6.42 Å². The number of rotatable bonds is 5. The SMILES string of the molecule is Cc1cc(C)c(C(=N)N)c(N(C)CCc2ccncc2)n1. The maximum absolute atomic E-state index is 7.78. The number of nitrogen functional groups attached to an aromatic ring is 1. The summed E-state index contributed by atoms with van der Waals surface area (Å²) in [6, 6.07) is 5.97. The Labute approximate surface area is 125 Å². The lowest BCUT2D eigenvalue weighted by Gasteiger charge is -2.22. The number of nitrogens with zero attached hydrogens (tertiary/aromatic N) is 3. The number of nitrogens with one attached hydrogen (secondary N) is 1. The second kappa shape index (κ2) is 6.35. The van der Waals surface area contributed by atoms with E-state index in [4.69, 9.17) is 11.1 Å². The zero-order valence-electron chi connectivity index (χ0n) is 12.7. The predicted octanol–water partition coefficient (Wildman–Crippen LogP) is 2.06. The van der Waals surface area contributed by atoms with Crippen molar-refractivity contribution in [2.45, 2.75) is 20.3 Å². The van der Waals surface area contributed by atoms with Gasteiger partial charge in [-0.2, -0.15) is 0 Å². The fourth-order valence-electron chi connectivity index (χ4n) is 2.38. The summed E-state index contributed by atoms with van der Waals surface area (Å²) in [5.41, 5.74) is 9.59. The molecule has 0 unspecified atom stereocenters. The molecule has 0 aliphatic carbocycles. The minimum Gasteiger partial charge on any atom is -0.384 e. The van der Waals surface area contributed by atoms with Gasteiger partial charge in [-0.1, -0.05) is 0 Å². The third-order valence-corrected chi connectivity index (χ3v) is 3.44. The molecule has 0 aliphatic heterocycles. The molecule has 2 rings (SSSR count). The van der Waals surface area contributed by atoms with Gasteiger partial charge in [0.25, 0.3) is 0 Å². The molecule has 0 aromatic carbocycles. The lowest BCUT2D eigenvalue weighted by molar-refractivity contribution is 0.852. The molecule has 0 saturated heterocycles. The van der Waals surface area contributed by atoms with Crippen LogP contribution < -0.4 is 10.6 Å². The van der Waals surface area contributed by atoms with Crippen molar-refractivity contribution in [1.29, 1.82) is 5.41 Å². The first kappa shape index (κ1) is 15.0. The first-order valence-electron chi connectivity index (χ1n) is 6.91. The van der Waals surface area contributed by atoms with Gasteiger partial charge in [0.15, 0.2) is 0 Å². The van der Waals surface area contributed by atoms with Crippen molar-refractivity contribution in [3.05, 3.63) is 53.0 Å². The Morgan fingerprint density at radius 2 is 1.95 bits per heavy atom. The van der Waals surface area contributed by atoms with Gasteiger partial charge in [0, 0.05) is 31.7 Å². The number of hydrogen-bond acceptors (Lipinski definition) is 4. The van der Waals surface area contributed by atoms with E-state index in [2.05, 4.69) is 14.9 Å². The third kappa shape index (κ3) is 3.56. The van der Waals surface area contributed by atoms with Crippen LogP contribution in [0.2, 0.25) is 0 Å². The number of hydrogen-bond donors (Lipinski definition) is 2. The molecule has 0 aliphatic rings. The lowest BCUT2D eigenvalue weighted by Crippen LogP contribution is -2.26. The van der Waals surface area contributed by atoms with Crippen LogP contribution in [0.5, 0.6) is 0 Å². The Balaban J connectivity index is 2.22. The predicted molar refractivity (Wildman–Crippen MR) is 85.9 cm³/mol. The van der Waals surface area contributed by atoms with Crippen molar-refractivity contribution < 1.29 is 0 Å². The molecule has 0 atom stereocenters. The zero-order chi connectivity index (χ0) is 15.4. The van der Waals surface area contributed by atoms with E-state index in [1.165, 1.54) is 5.56 Å². The van der Waals surface area contributed by atoms with Crippen LogP contribution in [0.3, 0.4) is 0 Å². The van der Waals surface area contributed by atoms with Gasteiger partial charge >= 0.3 is 0 Å². The number of aromatic nitrogens is 2. The lowest BCUT2D eigenvalue weighted by atomic mass is 10.1. The number of anilines is 1. The van der Waals surface area contributed by atoms with Crippen LogP contribution >= 0.6 is 0 Å². The number of amidine groups is 1. The van der Waals surface area contributed by atoms with Crippen LogP contribution in [0.4, 0.5) is 5.82 Å². The summed E-state index contributed by atoms with van der Waals surface area (Å²) >= 11 is 0. The fraction of sp³-hybridized carbons (Fsp3) is 0.312. The molecule has 3 N–H and O–H groups in total. The van der Waals surface area contributed by atoms with Crippen LogP contribution in [0.25, 0.3) is 0 Å². The van der Waals surface area contributed by atoms with E-state index < -0.39 is 0 Å². The van der Waals surface area contributed by atoms with E-state index in [0.717, 1.165) is 35.6 Å². The number of likely N-dealkylation sites (N-methyl/N-ethyl adjacent to an activating group) is 1. The molecule has 0 radical (unpaired) electrons. The largest absolute Gasteiger partial charge is 0.384 e. The van der Waals surface area contributed by atoms with Crippen molar-refractivity contribution >= 4 is 11.7 Å². The van der Waals surface area contributed by atoms with E-state index in [1.54, 1.807) is 12.4 Å². The Morgan fingerprint density at radius 1 is 1.29 bits per heavy atom. The highest BCUT2D eigenvalue weighted by atomic mass is 15.2. The Kier molecular flexibility index (Phi) is 4.52. The first-order chi connectivity index (χ1) is 9.99. The Morgan fingerprint density at radius 3 is 2.57 bits per heavy atom. The average Bonchev–Trinajstić information content (AvgIpc) is 2.44. The highest BCUT2D eigenvalue weighted by molar-refractivity contribution is 6.01. The standard InChI is InChI=1S/C16H21N5/c1-11-10-12(2)20-16(14(11)15(17)18)21(3)9-6-13-4-7-19-8-5-13/h4-5,7-8,10H,6,9H2,1-3H3,(H3,17,18). The fourth-order valence-corrected chi connectivity index (χ4v) is 2.38. The first-order valence-corrected chi connectivity index (χ1v) is 6.91. The zero-order valence-corrected chi connectivity index (χ0v) is 12.7. The summed E-state index contributed by atoms with van der Waals surface area (Å²) in [5, 5.41) is 7.78.